The van der Waals surface area contributed by atoms with Crippen LogP contribution in [0.4, 0.5) is 5.82 Å². The van der Waals surface area contributed by atoms with Gasteiger partial charge in [0.1, 0.15) is 17.8 Å². The van der Waals surface area contributed by atoms with E-state index in [-0.39, 0.29) is 17.9 Å². The summed E-state index contributed by atoms with van der Waals surface area (Å²) in [6.07, 6.45) is 3.54. The van der Waals surface area contributed by atoms with E-state index in [1.54, 1.807) is 13.0 Å². The Kier molecular flexibility index (Phi) is 5.24. The zero-order valence-electron chi connectivity index (χ0n) is 13.9. The number of hydrogen-bond donors (Lipinski definition) is 1. The van der Waals surface area contributed by atoms with E-state index in [4.69, 9.17) is 4.74 Å². The Hall–Kier alpha value is -2.22. The fourth-order valence-corrected chi connectivity index (χ4v) is 3.00. The smallest absolute Gasteiger partial charge is 0.270 e. The lowest BCUT2D eigenvalue weighted by Crippen LogP contribution is -2.48. The molecule has 0 aromatic carbocycles. The zero-order chi connectivity index (χ0) is 16.9. The van der Waals surface area contributed by atoms with Gasteiger partial charge >= 0.3 is 0 Å². The highest BCUT2D eigenvalue weighted by molar-refractivity contribution is 5.92. The number of aromatic nitrogens is 2. The quantitative estimate of drug-likeness (QED) is 0.838. The van der Waals surface area contributed by atoms with E-state index in [0.29, 0.717) is 38.4 Å². The number of rotatable bonds is 4. The molecule has 0 aliphatic carbocycles. The van der Waals surface area contributed by atoms with Crippen LogP contribution in [-0.4, -0.2) is 72.1 Å². The van der Waals surface area contributed by atoms with Gasteiger partial charge in [0, 0.05) is 52.3 Å². The van der Waals surface area contributed by atoms with Crippen LogP contribution in [0.3, 0.4) is 0 Å². The maximum absolute atomic E-state index is 12.2. The van der Waals surface area contributed by atoms with E-state index in [0.717, 1.165) is 25.3 Å². The van der Waals surface area contributed by atoms with Crippen LogP contribution in [0, 0.1) is 0 Å². The van der Waals surface area contributed by atoms with Gasteiger partial charge in [-0.05, 0) is 12.8 Å². The monoisotopic (exact) mass is 333 g/mol. The molecule has 1 N–H and O–H groups in total. The number of anilines is 1. The first kappa shape index (κ1) is 16.6. The minimum Gasteiger partial charge on any atom is -0.376 e. The minimum absolute atomic E-state index is 0.0894. The summed E-state index contributed by atoms with van der Waals surface area (Å²) in [5, 5.41) is 2.87. The first-order valence-corrected chi connectivity index (χ1v) is 8.36. The minimum atomic E-state index is -0.212. The Balaban J connectivity index is 1.57. The van der Waals surface area contributed by atoms with E-state index in [9.17, 15) is 9.59 Å². The topological polar surface area (TPSA) is 87.7 Å². The molecule has 8 nitrogen and oxygen atoms in total. The Labute approximate surface area is 141 Å². The van der Waals surface area contributed by atoms with Gasteiger partial charge in [0.05, 0.1) is 6.10 Å². The predicted molar refractivity (Wildman–Crippen MR) is 87.8 cm³/mol. The van der Waals surface area contributed by atoms with Crippen molar-refractivity contribution in [3.8, 4) is 0 Å². The molecule has 8 heteroatoms. The van der Waals surface area contributed by atoms with Gasteiger partial charge in [0.15, 0.2) is 0 Å². The zero-order valence-corrected chi connectivity index (χ0v) is 13.9. The van der Waals surface area contributed by atoms with Gasteiger partial charge in [-0.1, -0.05) is 0 Å². The van der Waals surface area contributed by atoms with Crippen molar-refractivity contribution >= 4 is 17.6 Å². The van der Waals surface area contributed by atoms with Crippen molar-refractivity contribution in [1.82, 2.24) is 20.2 Å². The maximum Gasteiger partial charge on any atom is 0.270 e. The molecule has 3 rings (SSSR count). The van der Waals surface area contributed by atoms with Gasteiger partial charge in [-0.3, -0.25) is 9.59 Å². The summed E-state index contributed by atoms with van der Waals surface area (Å²) in [5.74, 6) is 0.596. The molecule has 0 radical (unpaired) electrons. The number of amides is 2. The molecule has 130 valence electrons. The highest BCUT2D eigenvalue weighted by Gasteiger charge is 2.21. The van der Waals surface area contributed by atoms with Crippen LogP contribution in [0.2, 0.25) is 0 Å². The largest absolute Gasteiger partial charge is 0.376 e. The second-order valence-electron chi connectivity index (χ2n) is 6.10. The van der Waals surface area contributed by atoms with Gasteiger partial charge in [-0.15, -0.1) is 0 Å². The van der Waals surface area contributed by atoms with Crippen molar-refractivity contribution in [1.29, 1.82) is 0 Å². The molecule has 1 aromatic heterocycles. The molecule has 2 fully saturated rings. The third kappa shape index (κ3) is 4.00. The molecule has 0 spiro atoms. The lowest BCUT2D eigenvalue weighted by atomic mass is 10.2. The molecule has 3 heterocycles. The Bertz CT molecular complexity index is 595. The average molecular weight is 333 g/mol. The number of carbonyl (C=O) groups is 2. The van der Waals surface area contributed by atoms with Crippen molar-refractivity contribution in [3.05, 3.63) is 18.1 Å². The molecule has 24 heavy (non-hydrogen) atoms. The Morgan fingerprint density at radius 2 is 2.08 bits per heavy atom. The second kappa shape index (κ2) is 7.57. The van der Waals surface area contributed by atoms with Crippen LogP contribution in [0.15, 0.2) is 12.4 Å². The second-order valence-corrected chi connectivity index (χ2v) is 6.10. The average Bonchev–Trinajstić information content (AvgIpc) is 3.13. The number of carbonyl (C=O) groups excluding carboxylic acids is 2. The van der Waals surface area contributed by atoms with E-state index < -0.39 is 0 Å². The van der Waals surface area contributed by atoms with Crippen LogP contribution in [0.1, 0.15) is 30.3 Å². The fraction of sp³-hybridized carbons (Fsp3) is 0.625. The molecule has 2 amide bonds. The lowest BCUT2D eigenvalue weighted by molar-refractivity contribution is -0.129. The molecule has 1 unspecified atom stereocenters. The van der Waals surface area contributed by atoms with Crippen molar-refractivity contribution in [3.63, 3.8) is 0 Å². The van der Waals surface area contributed by atoms with Crippen LogP contribution >= 0.6 is 0 Å². The van der Waals surface area contributed by atoms with Crippen molar-refractivity contribution < 1.29 is 14.3 Å². The molecule has 1 aromatic rings. The van der Waals surface area contributed by atoms with Gasteiger partial charge in [0.2, 0.25) is 5.91 Å². The number of piperazine rings is 1. The third-order valence-electron chi connectivity index (χ3n) is 4.45. The highest BCUT2D eigenvalue weighted by atomic mass is 16.5. The van der Waals surface area contributed by atoms with E-state index in [2.05, 4.69) is 20.2 Å². The predicted octanol–water partition coefficient (Wildman–Crippen LogP) is 0.0539. The summed E-state index contributed by atoms with van der Waals surface area (Å²) < 4.78 is 5.50. The van der Waals surface area contributed by atoms with Gasteiger partial charge in [-0.25, -0.2) is 9.97 Å². The first-order chi connectivity index (χ1) is 11.6. The summed E-state index contributed by atoms with van der Waals surface area (Å²) in [6, 6.07) is 1.70. The Morgan fingerprint density at radius 1 is 1.29 bits per heavy atom. The van der Waals surface area contributed by atoms with E-state index in [1.807, 2.05) is 4.90 Å². The third-order valence-corrected chi connectivity index (χ3v) is 4.45. The van der Waals surface area contributed by atoms with E-state index >= 15 is 0 Å². The van der Waals surface area contributed by atoms with Crippen LogP contribution in [-0.2, 0) is 9.53 Å². The van der Waals surface area contributed by atoms with Gasteiger partial charge < -0.3 is 19.9 Å². The van der Waals surface area contributed by atoms with Crippen LogP contribution < -0.4 is 10.2 Å². The summed E-state index contributed by atoms with van der Waals surface area (Å²) in [5.41, 5.74) is 0.354. The molecule has 2 aliphatic heterocycles. The summed E-state index contributed by atoms with van der Waals surface area (Å²) in [6.45, 7) is 5.59. The maximum atomic E-state index is 12.2. The first-order valence-electron chi connectivity index (χ1n) is 8.36. The Morgan fingerprint density at radius 3 is 2.75 bits per heavy atom. The van der Waals surface area contributed by atoms with Crippen molar-refractivity contribution in [2.24, 2.45) is 0 Å². The molecule has 2 saturated heterocycles. The molecule has 2 aliphatic rings. The van der Waals surface area contributed by atoms with Gasteiger partial charge in [-0.2, -0.15) is 0 Å². The number of nitrogens with zero attached hydrogens (tertiary/aromatic N) is 4. The summed E-state index contributed by atoms with van der Waals surface area (Å²) >= 11 is 0. The molecule has 0 bridgehead atoms. The van der Waals surface area contributed by atoms with Crippen LogP contribution in [0.5, 0.6) is 0 Å². The number of nitrogens with one attached hydrogen (secondary N) is 1. The highest BCUT2D eigenvalue weighted by Crippen LogP contribution is 2.15. The standard InChI is InChI=1S/C16H23N5O3/c1-12(22)20-4-6-21(7-5-20)15-9-14(18-11-19-15)16(23)17-10-13-3-2-8-24-13/h9,11,13H,2-8,10H2,1H3,(H,17,23). The number of hydrogen-bond acceptors (Lipinski definition) is 6. The number of ether oxygens (including phenoxy) is 1. The van der Waals surface area contributed by atoms with Crippen LogP contribution in [0.25, 0.3) is 0 Å². The van der Waals surface area contributed by atoms with Gasteiger partial charge in [0.25, 0.3) is 5.91 Å². The normalized spacial score (nSPS) is 21.0. The molecule has 1 atom stereocenters. The molecular formula is C16H23N5O3. The lowest BCUT2D eigenvalue weighted by Gasteiger charge is -2.34. The molecule has 0 saturated carbocycles. The summed E-state index contributed by atoms with van der Waals surface area (Å²) in [7, 11) is 0. The summed E-state index contributed by atoms with van der Waals surface area (Å²) in [4.78, 5) is 35.8. The SMILES string of the molecule is CC(=O)N1CCN(c2cc(C(=O)NCC3CCCO3)ncn2)CC1. The van der Waals surface area contributed by atoms with E-state index in [1.165, 1.54) is 6.33 Å². The molecular weight excluding hydrogens is 310 g/mol. The fourth-order valence-electron chi connectivity index (χ4n) is 3.00. The van der Waals surface area contributed by atoms with Crippen molar-refractivity contribution in [2.45, 2.75) is 25.9 Å². The van der Waals surface area contributed by atoms with Crippen molar-refractivity contribution in [2.75, 3.05) is 44.2 Å².